The van der Waals surface area contributed by atoms with Crippen molar-refractivity contribution in [1.82, 2.24) is 4.90 Å². The van der Waals surface area contributed by atoms with Crippen LogP contribution in [-0.4, -0.2) is 52.4 Å². The fraction of sp³-hybridized carbons (Fsp3) is 0.458. The Bertz CT molecular complexity index is 1050. The van der Waals surface area contributed by atoms with E-state index in [0.717, 1.165) is 0 Å². The van der Waals surface area contributed by atoms with Crippen LogP contribution in [0.1, 0.15) is 36.5 Å². The summed E-state index contributed by atoms with van der Waals surface area (Å²) >= 11 is 0. The molecule has 1 aliphatic carbocycles. The lowest BCUT2D eigenvalue weighted by molar-refractivity contribution is -0.116. The number of para-hydroxylation sites is 1. The molecule has 1 saturated carbocycles. The van der Waals surface area contributed by atoms with Gasteiger partial charge in [0.05, 0.1) is 17.4 Å². The first kappa shape index (κ1) is 21.3. The predicted molar refractivity (Wildman–Crippen MR) is 113 cm³/mol. The number of nitrogens with one attached hydrogen (secondary N) is 1. The van der Waals surface area contributed by atoms with Crippen LogP contribution in [0.15, 0.2) is 36.4 Å². The smallest absolute Gasteiger partial charge is 0.224 e. The van der Waals surface area contributed by atoms with Crippen LogP contribution in [-0.2, 0) is 11.2 Å². The molecule has 5 rings (SSSR count). The highest BCUT2D eigenvalue weighted by Gasteiger charge is 2.53. The number of β-amino-alcohol motifs (C(OH)–C–C–N with tert-alkyl or cyclic N) is 2. The lowest BCUT2D eigenvalue weighted by Gasteiger charge is -2.26. The Morgan fingerprint density at radius 3 is 2.81 bits per heavy atom. The van der Waals surface area contributed by atoms with Gasteiger partial charge in [0, 0.05) is 38.4 Å². The van der Waals surface area contributed by atoms with Crippen molar-refractivity contribution in [2.45, 2.75) is 43.5 Å². The molecule has 0 radical (unpaired) electrons. The molecule has 1 saturated heterocycles. The molecule has 4 atom stereocenters. The zero-order valence-corrected chi connectivity index (χ0v) is 17.6. The van der Waals surface area contributed by atoms with Crippen LogP contribution in [0.4, 0.5) is 14.5 Å². The van der Waals surface area contributed by atoms with Crippen LogP contribution < -0.4 is 10.1 Å². The molecule has 6 nitrogen and oxygen atoms in total. The highest BCUT2D eigenvalue weighted by molar-refractivity contribution is 5.94. The summed E-state index contributed by atoms with van der Waals surface area (Å²) in [5, 5.41) is 24.4. The molecule has 170 valence electrons. The lowest BCUT2D eigenvalue weighted by Crippen LogP contribution is -2.36. The SMILES string of the molecule is O=C1CCc2cc([C@@H](O)CN3C[C@@H]4C[C@@H](Oc5ccccc5F)C[C@]4(O)C3)cc(F)c2N1. The molecule has 1 amide bonds. The molecule has 2 aromatic rings. The number of amides is 1. The van der Waals surface area contributed by atoms with E-state index in [1.807, 2.05) is 4.90 Å². The minimum absolute atomic E-state index is 0.0399. The zero-order chi connectivity index (χ0) is 22.5. The summed E-state index contributed by atoms with van der Waals surface area (Å²) in [7, 11) is 0. The maximum atomic E-state index is 14.5. The first-order valence-electron chi connectivity index (χ1n) is 11.0. The molecular weight excluding hydrogens is 418 g/mol. The molecular formula is C24H26F2N2O4. The number of carbonyl (C=O) groups is 1. The number of rotatable bonds is 5. The Balaban J connectivity index is 1.21. The minimum Gasteiger partial charge on any atom is -0.487 e. The van der Waals surface area contributed by atoms with Gasteiger partial charge in [-0.05, 0) is 42.2 Å². The molecule has 2 aromatic carbocycles. The highest BCUT2D eigenvalue weighted by atomic mass is 19.1. The molecule has 3 aliphatic rings. The van der Waals surface area contributed by atoms with Gasteiger partial charge in [-0.25, -0.2) is 8.78 Å². The van der Waals surface area contributed by atoms with E-state index in [4.69, 9.17) is 4.74 Å². The van der Waals surface area contributed by atoms with Crippen LogP contribution in [0, 0.1) is 17.6 Å². The molecule has 0 bridgehead atoms. The zero-order valence-electron chi connectivity index (χ0n) is 17.6. The Morgan fingerprint density at radius 1 is 1.22 bits per heavy atom. The third-order valence-corrected chi connectivity index (χ3v) is 6.89. The number of hydrogen-bond donors (Lipinski definition) is 3. The average molecular weight is 444 g/mol. The largest absolute Gasteiger partial charge is 0.487 e. The standard InChI is InChI=1S/C24H26F2N2O4/c25-18-3-1-2-4-21(18)32-17-9-16-11-28(13-24(16,31)10-17)12-20(29)15-7-14-5-6-22(30)27-23(14)19(26)8-15/h1-4,7-8,16-17,20,29,31H,5-6,9-13H2,(H,27,30)/t16-,17+,20-,24-/m0/s1. The lowest BCUT2D eigenvalue weighted by atomic mass is 9.95. The Kier molecular flexibility index (Phi) is 5.39. The van der Waals surface area contributed by atoms with E-state index in [1.165, 1.54) is 12.1 Å². The molecule has 2 heterocycles. The number of nitrogens with zero attached hydrogens (tertiary/aromatic N) is 1. The van der Waals surface area contributed by atoms with Crippen molar-refractivity contribution >= 4 is 11.6 Å². The van der Waals surface area contributed by atoms with Crippen molar-refractivity contribution in [3.05, 3.63) is 59.2 Å². The van der Waals surface area contributed by atoms with E-state index in [0.29, 0.717) is 49.9 Å². The second-order valence-electron chi connectivity index (χ2n) is 9.21. The number of aliphatic hydroxyl groups is 2. The number of halogens is 2. The molecule has 3 N–H and O–H groups in total. The third-order valence-electron chi connectivity index (χ3n) is 6.89. The van der Waals surface area contributed by atoms with Crippen LogP contribution in [0.2, 0.25) is 0 Å². The number of ether oxygens (including phenoxy) is 1. The van der Waals surface area contributed by atoms with Crippen LogP contribution in [0.3, 0.4) is 0 Å². The number of anilines is 1. The summed E-state index contributed by atoms with van der Waals surface area (Å²) in [6, 6.07) is 9.25. The normalized spacial score (nSPS) is 28.2. The molecule has 0 aromatic heterocycles. The van der Waals surface area contributed by atoms with Crippen molar-refractivity contribution in [2.75, 3.05) is 25.0 Å². The van der Waals surface area contributed by atoms with Crippen LogP contribution >= 0.6 is 0 Å². The summed E-state index contributed by atoms with van der Waals surface area (Å²) in [4.78, 5) is 13.5. The number of hydrogen-bond acceptors (Lipinski definition) is 5. The van der Waals surface area contributed by atoms with Gasteiger partial charge in [-0.2, -0.15) is 0 Å². The summed E-state index contributed by atoms with van der Waals surface area (Å²) < 4.78 is 34.1. The van der Waals surface area contributed by atoms with Gasteiger partial charge in [-0.15, -0.1) is 0 Å². The summed E-state index contributed by atoms with van der Waals surface area (Å²) in [5.41, 5.74) is 0.384. The number of likely N-dealkylation sites (tertiary alicyclic amines) is 1. The number of benzene rings is 2. The van der Waals surface area contributed by atoms with Gasteiger partial charge in [-0.1, -0.05) is 18.2 Å². The molecule has 32 heavy (non-hydrogen) atoms. The fourth-order valence-corrected chi connectivity index (χ4v) is 5.35. The Morgan fingerprint density at radius 2 is 2.03 bits per heavy atom. The van der Waals surface area contributed by atoms with Gasteiger partial charge in [0.1, 0.15) is 11.9 Å². The van der Waals surface area contributed by atoms with Gasteiger partial charge < -0.3 is 20.3 Å². The second-order valence-corrected chi connectivity index (χ2v) is 9.21. The van der Waals surface area contributed by atoms with E-state index in [2.05, 4.69) is 5.32 Å². The van der Waals surface area contributed by atoms with E-state index in [1.54, 1.807) is 24.3 Å². The Hall–Kier alpha value is -2.55. The van der Waals surface area contributed by atoms with Crippen molar-refractivity contribution in [2.24, 2.45) is 5.92 Å². The third kappa shape index (κ3) is 3.98. The average Bonchev–Trinajstić information content (AvgIpc) is 3.20. The van der Waals surface area contributed by atoms with Crippen molar-refractivity contribution in [3.8, 4) is 5.75 Å². The Labute approximate surface area is 184 Å². The summed E-state index contributed by atoms with van der Waals surface area (Å²) in [6.45, 7) is 1.21. The van der Waals surface area contributed by atoms with Crippen molar-refractivity contribution in [3.63, 3.8) is 0 Å². The van der Waals surface area contributed by atoms with Crippen molar-refractivity contribution < 1.29 is 28.5 Å². The maximum absolute atomic E-state index is 14.5. The summed E-state index contributed by atoms with van der Waals surface area (Å²) in [5.74, 6) is -1.02. The number of aliphatic hydroxyl groups excluding tert-OH is 1. The number of fused-ring (bicyclic) bond motifs is 2. The number of carbonyl (C=O) groups excluding carboxylic acids is 1. The van der Waals surface area contributed by atoms with E-state index < -0.39 is 23.3 Å². The van der Waals surface area contributed by atoms with E-state index >= 15 is 0 Å². The molecule has 0 spiro atoms. The quantitative estimate of drug-likeness (QED) is 0.661. The fourth-order valence-electron chi connectivity index (χ4n) is 5.35. The van der Waals surface area contributed by atoms with Gasteiger partial charge >= 0.3 is 0 Å². The van der Waals surface area contributed by atoms with E-state index in [9.17, 15) is 23.8 Å². The topological polar surface area (TPSA) is 82.0 Å². The van der Waals surface area contributed by atoms with E-state index in [-0.39, 0.29) is 35.9 Å². The van der Waals surface area contributed by atoms with Gasteiger partial charge in [0.25, 0.3) is 0 Å². The summed E-state index contributed by atoms with van der Waals surface area (Å²) in [6.07, 6.45) is 0.548. The minimum atomic E-state index is -0.957. The predicted octanol–water partition coefficient (Wildman–Crippen LogP) is 2.79. The molecule has 2 aliphatic heterocycles. The van der Waals surface area contributed by atoms with Crippen LogP contribution in [0.5, 0.6) is 5.75 Å². The highest BCUT2D eigenvalue weighted by Crippen LogP contribution is 2.43. The van der Waals surface area contributed by atoms with Gasteiger partial charge in [0.2, 0.25) is 5.91 Å². The first-order chi connectivity index (χ1) is 15.3. The monoisotopic (exact) mass is 444 g/mol. The molecule has 2 fully saturated rings. The van der Waals surface area contributed by atoms with Crippen molar-refractivity contribution in [1.29, 1.82) is 0 Å². The second kappa shape index (κ2) is 8.10. The van der Waals surface area contributed by atoms with Crippen LogP contribution in [0.25, 0.3) is 0 Å². The van der Waals surface area contributed by atoms with Gasteiger partial charge in [0.15, 0.2) is 11.6 Å². The first-order valence-corrected chi connectivity index (χ1v) is 11.0. The number of aryl methyl sites for hydroxylation is 1. The van der Waals surface area contributed by atoms with Gasteiger partial charge in [-0.3, -0.25) is 9.69 Å². The molecule has 0 unspecified atom stereocenters. The molecule has 8 heteroatoms. The maximum Gasteiger partial charge on any atom is 0.224 e.